The minimum Gasteiger partial charge on any atom is -0.493 e. The lowest BCUT2D eigenvalue weighted by molar-refractivity contribution is 0.0951. The van der Waals surface area contributed by atoms with E-state index < -0.39 is 0 Å². The predicted octanol–water partition coefficient (Wildman–Crippen LogP) is 2.43. The summed E-state index contributed by atoms with van der Waals surface area (Å²) in [6.07, 6.45) is 0. The molecule has 0 fully saturated rings. The fourth-order valence-electron chi connectivity index (χ4n) is 2.52. The van der Waals surface area contributed by atoms with Crippen LogP contribution < -0.4 is 25.3 Å². The van der Waals surface area contributed by atoms with Crippen molar-refractivity contribution in [1.29, 1.82) is 0 Å². The van der Waals surface area contributed by atoms with Crippen molar-refractivity contribution < 1.29 is 23.8 Å². The van der Waals surface area contributed by atoms with Gasteiger partial charge in [0.15, 0.2) is 17.3 Å². The fraction of sp³-hybridized carbons (Fsp3) is 0.263. The second-order valence-corrected chi connectivity index (χ2v) is 5.57. The molecule has 0 saturated heterocycles. The third-order valence-corrected chi connectivity index (χ3v) is 3.87. The summed E-state index contributed by atoms with van der Waals surface area (Å²) in [6.45, 7) is 1.65. The number of ketones is 1. The summed E-state index contributed by atoms with van der Waals surface area (Å²) in [5, 5.41) is 2.80. The fourth-order valence-corrected chi connectivity index (χ4v) is 2.52. The molecule has 2 aromatic rings. The number of hydrogen-bond donors (Lipinski definition) is 2. The Hall–Kier alpha value is -3.22. The van der Waals surface area contributed by atoms with Gasteiger partial charge in [-0.25, -0.2) is 0 Å². The number of nitrogens with one attached hydrogen (secondary N) is 1. The van der Waals surface area contributed by atoms with Gasteiger partial charge in [-0.1, -0.05) is 0 Å². The van der Waals surface area contributed by atoms with Crippen LogP contribution in [-0.2, 0) is 6.54 Å². The second-order valence-electron chi connectivity index (χ2n) is 5.57. The lowest BCUT2D eigenvalue weighted by atomic mass is 10.1. The van der Waals surface area contributed by atoms with E-state index in [-0.39, 0.29) is 18.2 Å². The van der Waals surface area contributed by atoms with Gasteiger partial charge in [0.1, 0.15) is 0 Å². The number of rotatable bonds is 7. The summed E-state index contributed by atoms with van der Waals surface area (Å²) < 4.78 is 15.9. The van der Waals surface area contributed by atoms with E-state index in [0.717, 1.165) is 5.56 Å². The van der Waals surface area contributed by atoms with Crippen LogP contribution in [0.3, 0.4) is 0 Å². The highest BCUT2D eigenvalue weighted by Gasteiger charge is 2.15. The Morgan fingerprint density at radius 3 is 2.12 bits per heavy atom. The molecule has 2 aromatic carbocycles. The number of benzene rings is 2. The van der Waals surface area contributed by atoms with E-state index in [2.05, 4.69) is 5.32 Å². The number of Topliss-reactive ketones (excluding diaryl/α,β-unsaturated/α-hetero) is 1. The number of ether oxygens (including phenoxy) is 3. The van der Waals surface area contributed by atoms with Crippen molar-refractivity contribution in [2.45, 2.75) is 13.5 Å². The quantitative estimate of drug-likeness (QED) is 0.582. The zero-order chi connectivity index (χ0) is 19.3. The number of nitrogen functional groups attached to an aromatic ring is 1. The Labute approximate surface area is 152 Å². The van der Waals surface area contributed by atoms with Crippen LogP contribution in [0.4, 0.5) is 5.69 Å². The van der Waals surface area contributed by atoms with Gasteiger partial charge in [-0.05, 0) is 42.8 Å². The van der Waals surface area contributed by atoms with Gasteiger partial charge in [-0.2, -0.15) is 0 Å². The molecule has 1 amide bonds. The van der Waals surface area contributed by atoms with Crippen LogP contribution in [0.25, 0.3) is 0 Å². The number of hydrogen-bond acceptors (Lipinski definition) is 6. The molecule has 0 aliphatic heterocycles. The van der Waals surface area contributed by atoms with Crippen molar-refractivity contribution in [2.75, 3.05) is 27.1 Å². The Morgan fingerprint density at radius 1 is 1.00 bits per heavy atom. The van der Waals surface area contributed by atoms with Crippen LogP contribution in [0.2, 0.25) is 0 Å². The first-order valence-corrected chi connectivity index (χ1v) is 7.88. The monoisotopic (exact) mass is 358 g/mol. The van der Waals surface area contributed by atoms with Gasteiger partial charge in [0, 0.05) is 23.4 Å². The third kappa shape index (κ3) is 4.05. The minimum absolute atomic E-state index is 0.193. The number of nitrogens with two attached hydrogens (primary N) is 1. The van der Waals surface area contributed by atoms with E-state index in [4.69, 9.17) is 19.9 Å². The highest BCUT2D eigenvalue weighted by Crippen LogP contribution is 2.38. The van der Waals surface area contributed by atoms with E-state index in [1.807, 2.05) is 0 Å². The minimum atomic E-state index is -0.318. The molecule has 3 N–H and O–H groups in total. The zero-order valence-corrected chi connectivity index (χ0v) is 15.2. The van der Waals surface area contributed by atoms with Crippen LogP contribution in [0.1, 0.15) is 33.2 Å². The first kappa shape index (κ1) is 19.1. The van der Waals surface area contributed by atoms with E-state index in [0.29, 0.717) is 34.1 Å². The molecule has 0 saturated carbocycles. The summed E-state index contributed by atoms with van der Waals surface area (Å²) >= 11 is 0. The summed E-state index contributed by atoms with van der Waals surface area (Å²) in [5.41, 5.74) is 7.56. The summed E-state index contributed by atoms with van der Waals surface area (Å²) in [7, 11) is 4.57. The highest BCUT2D eigenvalue weighted by atomic mass is 16.5. The molecule has 26 heavy (non-hydrogen) atoms. The molecule has 0 heterocycles. The van der Waals surface area contributed by atoms with Crippen molar-refractivity contribution in [3.8, 4) is 17.2 Å². The molecule has 0 bridgehead atoms. The standard InChI is InChI=1S/C19H22N2O5/c1-11(22)14-9-13(5-6-15(14)20)19(23)21-10-12-7-16(24-2)18(26-4)17(8-12)25-3/h5-9H,10,20H2,1-4H3,(H,21,23). The van der Waals surface area contributed by atoms with Gasteiger partial charge in [0.25, 0.3) is 5.91 Å². The van der Waals surface area contributed by atoms with Crippen LogP contribution in [0.15, 0.2) is 30.3 Å². The Balaban J connectivity index is 2.19. The Morgan fingerprint density at radius 2 is 1.62 bits per heavy atom. The lowest BCUT2D eigenvalue weighted by Gasteiger charge is -2.14. The molecule has 138 valence electrons. The normalized spacial score (nSPS) is 10.2. The maximum Gasteiger partial charge on any atom is 0.251 e. The van der Waals surface area contributed by atoms with Gasteiger partial charge < -0.3 is 25.3 Å². The predicted molar refractivity (Wildman–Crippen MR) is 98.1 cm³/mol. The highest BCUT2D eigenvalue weighted by molar-refractivity contribution is 6.03. The number of carbonyl (C=O) groups is 2. The van der Waals surface area contributed by atoms with Gasteiger partial charge in [0.2, 0.25) is 5.75 Å². The van der Waals surface area contributed by atoms with Crippen LogP contribution in [0, 0.1) is 0 Å². The van der Waals surface area contributed by atoms with E-state index in [1.165, 1.54) is 34.3 Å². The molecule has 0 spiro atoms. The largest absolute Gasteiger partial charge is 0.493 e. The molecule has 7 heteroatoms. The van der Waals surface area contributed by atoms with Crippen molar-refractivity contribution >= 4 is 17.4 Å². The molecule has 7 nitrogen and oxygen atoms in total. The summed E-state index contributed by atoms with van der Waals surface area (Å²) in [4.78, 5) is 24.0. The average molecular weight is 358 g/mol. The van der Waals surface area contributed by atoms with Crippen molar-refractivity contribution in [3.05, 3.63) is 47.0 Å². The first-order valence-electron chi connectivity index (χ1n) is 7.88. The van der Waals surface area contributed by atoms with Crippen LogP contribution in [0.5, 0.6) is 17.2 Å². The molecular weight excluding hydrogens is 336 g/mol. The van der Waals surface area contributed by atoms with Gasteiger partial charge in [-0.3, -0.25) is 9.59 Å². The lowest BCUT2D eigenvalue weighted by Crippen LogP contribution is -2.23. The second kappa shape index (κ2) is 8.24. The SMILES string of the molecule is COc1cc(CNC(=O)c2ccc(N)c(C(C)=O)c2)cc(OC)c1OC. The number of methoxy groups -OCH3 is 3. The third-order valence-electron chi connectivity index (χ3n) is 3.87. The van der Waals surface area contributed by atoms with E-state index in [1.54, 1.807) is 24.3 Å². The summed E-state index contributed by atoms with van der Waals surface area (Å²) in [5.74, 6) is 0.975. The van der Waals surface area contributed by atoms with Crippen molar-refractivity contribution in [3.63, 3.8) is 0 Å². The molecule has 0 radical (unpaired) electrons. The molecular formula is C19H22N2O5. The molecule has 0 atom stereocenters. The van der Waals surface area contributed by atoms with Crippen LogP contribution in [-0.4, -0.2) is 33.0 Å². The maximum absolute atomic E-state index is 12.4. The average Bonchev–Trinajstić information content (AvgIpc) is 2.65. The van der Waals surface area contributed by atoms with Gasteiger partial charge >= 0.3 is 0 Å². The molecule has 0 unspecified atom stereocenters. The number of amides is 1. The van der Waals surface area contributed by atoms with Crippen molar-refractivity contribution in [2.24, 2.45) is 0 Å². The molecule has 0 aliphatic carbocycles. The Bertz CT molecular complexity index is 808. The summed E-state index contributed by atoms with van der Waals surface area (Å²) in [6, 6.07) is 8.12. The first-order chi connectivity index (χ1) is 12.4. The molecule has 2 rings (SSSR count). The maximum atomic E-state index is 12.4. The number of anilines is 1. The van der Waals surface area contributed by atoms with Gasteiger partial charge in [-0.15, -0.1) is 0 Å². The van der Waals surface area contributed by atoms with Crippen LogP contribution >= 0.6 is 0 Å². The van der Waals surface area contributed by atoms with E-state index >= 15 is 0 Å². The smallest absolute Gasteiger partial charge is 0.251 e. The Kier molecular flexibility index (Phi) is 6.06. The molecule has 0 aromatic heterocycles. The molecule has 0 aliphatic rings. The number of carbonyl (C=O) groups excluding carboxylic acids is 2. The van der Waals surface area contributed by atoms with E-state index in [9.17, 15) is 9.59 Å². The topological polar surface area (TPSA) is 99.9 Å². The van der Waals surface area contributed by atoms with Gasteiger partial charge in [0.05, 0.1) is 21.3 Å². The van der Waals surface area contributed by atoms with Crippen molar-refractivity contribution in [1.82, 2.24) is 5.32 Å². The zero-order valence-electron chi connectivity index (χ0n) is 15.2.